The second kappa shape index (κ2) is 12.8. The topological polar surface area (TPSA) is 140 Å². The van der Waals surface area contributed by atoms with Crippen molar-refractivity contribution in [3.8, 4) is 0 Å². The maximum Gasteiger partial charge on any atom is 0.335 e. The van der Waals surface area contributed by atoms with Crippen molar-refractivity contribution in [1.82, 2.24) is 10.2 Å². The Balaban J connectivity index is 0.000000382. The minimum absolute atomic E-state index is 0.294. The third kappa shape index (κ3) is 8.13. The minimum atomic E-state index is -2.27. The third-order valence-corrected chi connectivity index (χ3v) is 5.00. The summed E-state index contributed by atoms with van der Waals surface area (Å²) in [6, 6.07) is 5.38. The molecule has 30 heavy (non-hydrogen) atoms. The van der Waals surface area contributed by atoms with Gasteiger partial charge in [0.2, 0.25) is 0 Å². The van der Waals surface area contributed by atoms with E-state index in [4.69, 9.17) is 36.8 Å². The van der Waals surface area contributed by atoms with Crippen molar-refractivity contribution in [3.63, 3.8) is 0 Å². The van der Waals surface area contributed by atoms with Crippen molar-refractivity contribution in [2.24, 2.45) is 0 Å². The van der Waals surface area contributed by atoms with E-state index in [1.165, 1.54) is 12.1 Å². The first-order valence-corrected chi connectivity index (χ1v) is 9.67. The number of aliphatic hydroxyl groups is 2. The fourth-order valence-corrected chi connectivity index (χ4v) is 3.25. The van der Waals surface area contributed by atoms with E-state index in [0.717, 1.165) is 31.6 Å². The van der Waals surface area contributed by atoms with Crippen molar-refractivity contribution in [1.29, 1.82) is 0 Å². The first-order valence-electron chi connectivity index (χ1n) is 9.29. The number of hydrogen-bond donors (Lipinski definition) is 5. The number of aliphatic hydroxyl groups excluding tert-OH is 2. The molecule has 0 radical (unpaired) electrons. The molecule has 1 aromatic rings. The highest BCUT2D eigenvalue weighted by Gasteiger charge is 2.29. The van der Waals surface area contributed by atoms with Gasteiger partial charge in [0, 0.05) is 37.3 Å². The number of carbonyl (C=O) groups is 2. The molecule has 3 unspecified atom stereocenters. The molecule has 170 valence electrons. The number of benzene rings is 1. The van der Waals surface area contributed by atoms with Gasteiger partial charge in [-0.2, -0.15) is 0 Å². The normalized spacial score (nSPS) is 19.0. The molecule has 1 saturated heterocycles. The van der Waals surface area contributed by atoms with Crippen LogP contribution in [0.3, 0.4) is 0 Å². The summed E-state index contributed by atoms with van der Waals surface area (Å²) in [5.41, 5.74) is 0.961. The maximum absolute atomic E-state index is 13.1. The first kappa shape index (κ1) is 26.2. The molecule has 5 N–H and O–H groups in total. The summed E-state index contributed by atoms with van der Waals surface area (Å²) in [5.74, 6) is -3.83. The van der Waals surface area contributed by atoms with Crippen molar-refractivity contribution in [3.05, 3.63) is 34.6 Å². The summed E-state index contributed by atoms with van der Waals surface area (Å²) in [7, 11) is 1.71. The summed E-state index contributed by atoms with van der Waals surface area (Å²) in [6.07, 6.45) is -3.41. The quantitative estimate of drug-likeness (QED) is 0.365. The number of ether oxygens (including phenoxy) is 1. The van der Waals surface area contributed by atoms with Crippen LogP contribution in [0.2, 0.25) is 5.02 Å². The Morgan fingerprint density at radius 3 is 2.33 bits per heavy atom. The van der Waals surface area contributed by atoms with E-state index in [0.29, 0.717) is 23.7 Å². The second-order valence-electron chi connectivity index (χ2n) is 6.93. The summed E-state index contributed by atoms with van der Waals surface area (Å²) >= 11 is 6.15. The van der Waals surface area contributed by atoms with E-state index in [2.05, 4.69) is 17.1 Å². The van der Waals surface area contributed by atoms with Gasteiger partial charge in [-0.3, -0.25) is 4.90 Å². The average molecular weight is 451 g/mol. The van der Waals surface area contributed by atoms with Crippen LogP contribution < -0.4 is 5.32 Å². The van der Waals surface area contributed by atoms with E-state index in [1.807, 2.05) is 0 Å². The molecule has 9 nitrogen and oxygen atoms in total. The van der Waals surface area contributed by atoms with E-state index < -0.39 is 24.1 Å². The van der Waals surface area contributed by atoms with Crippen molar-refractivity contribution >= 4 is 23.5 Å². The molecule has 2 rings (SSSR count). The molecule has 4 atom stereocenters. The van der Waals surface area contributed by atoms with Crippen molar-refractivity contribution in [2.45, 2.75) is 44.2 Å². The van der Waals surface area contributed by atoms with Gasteiger partial charge in [-0.05, 0) is 37.6 Å². The predicted molar refractivity (Wildman–Crippen MR) is 107 cm³/mol. The van der Waals surface area contributed by atoms with Crippen molar-refractivity contribution < 1.29 is 39.1 Å². The van der Waals surface area contributed by atoms with E-state index in [9.17, 15) is 14.0 Å². The van der Waals surface area contributed by atoms with Crippen LogP contribution in [0.4, 0.5) is 4.39 Å². The number of carboxylic acid groups (broad SMARTS) is 2. The highest BCUT2D eigenvalue weighted by atomic mass is 35.5. The molecule has 0 aliphatic carbocycles. The van der Waals surface area contributed by atoms with E-state index in [1.54, 1.807) is 13.2 Å². The molecule has 1 aliphatic heterocycles. The van der Waals surface area contributed by atoms with Gasteiger partial charge in [0.05, 0.1) is 6.61 Å². The molecular weight excluding hydrogens is 423 g/mol. The van der Waals surface area contributed by atoms with Gasteiger partial charge in [-0.25, -0.2) is 14.0 Å². The highest BCUT2D eigenvalue weighted by Crippen LogP contribution is 2.23. The molecule has 11 heteroatoms. The fourth-order valence-electron chi connectivity index (χ4n) is 3.02. The number of methoxy groups -OCH3 is 1. The summed E-state index contributed by atoms with van der Waals surface area (Å²) in [4.78, 5) is 21.9. The molecular formula is C19H28ClFN2O7. The minimum Gasteiger partial charge on any atom is -0.479 e. The van der Waals surface area contributed by atoms with Gasteiger partial charge in [0.1, 0.15) is 5.82 Å². The standard InChI is InChI=1S/C15H22ClFN2O.C4H6O6/c1-11(10-20-2)19(14-5-6-18-8-14)9-12-3-4-13(17)7-15(12)16;5-1(3(7)8)2(6)4(9)10/h3-4,7,11,14,18H,5-6,8-10H2,1-2H3;1-2,5-6H,(H,7,8)(H,9,10)/t11?,14-;/m0./s1. The molecule has 1 aromatic carbocycles. The second-order valence-corrected chi connectivity index (χ2v) is 7.33. The zero-order valence-electron chi connectivity index (χ0n) is 16.8. The maximum atomic E-state index is 13.1. The lowest BCUT2D eigenvalue weighted by Crippen LogP contribution is -2.44. The molecule has 1 aliphatic rings. The Kier molecular flexibility index (Phi) is 11.2. The lowest BCUT2D eigenvalue weighted by Gasteiger charge is -2.34. The molecule has 1 heterocycles. The van der Waals surface area contributed by atoms with E-state index >= 15 is 0 Å². The van der Waals surface area contributed by atoms with Crippen LogP contribution in [0.15, 0.2) is 18.2 Å². The molecule has 0 spiro atoms. The molecule has 1 fully saturated rings. The van der Waals surface area contributed by atoms with Gasteiger partial charge in [0.15, 0.2) is 12.2 Å². The van der Waals surface area contributed by atoms with Gasteiger partial charge in [0.25, 0.3) is 0 Å². The fraction of sp³-hybridized carbons (Fsp3) is 0.579. The number of halogens is 2. The Morgan fingerprint density at radius 1 is 1.30 bits per heavy atom. The Labute approximate surface area is 179 Å². The SMILES string of the molecule is COCC(C)N(Cc1ccc(F)cc1Cl)[C@H]1CCNC1.O=C(O)C(O)C(O)C(=O)O. The smallest absolute Gasteiger partial charge is 0.335 e. The zero-order chi connectivity index (χ0) is 22.8. The Hall–Kier alpha value is -1.82. The van der Waals surface area contributed by atoms with Gasteiger partial charge >= 0.3 is 11.9 Å². The summed E-state index contributed by atoms with van der Waals surface area (Å²) < 4.78 is 18.4. The van der Waals surface area contributed by atoms with Crippen molar-refractivity contribution in [2.75, 3.05) is 26.8 Å². The monoisotopic (exact) mass is 450 g/mol. The predicted octanol–water partition coefficient (Wildman–Crippen LogP) is 0.555. The Bertz CT molecular complexity index is 685. The van der Waals surface area contributed by atoms with Crippen LogP contribution in [-0.4, -0.2) is 88.4 Å². The van der Waals surface area contributed by atoms with Crippen LogP contribution in [0.25, 0.3) is 0 Å². The van der Waals surface area contributed by atoms with Gasteiger partial charge < -0.3 is 30.5 Å². The molecule has 0 aromatic heterocycles. The third-order valence-electron chi connectivity index (χ3n) is 4.65. The molecule has 0 saturated carbocycles. The molecule has 0 amide bonds. The highest BCUT2D eigenvalue weighted by molar-refractivity contribution is 6.31. The van der Waals surface area contributed by atoms with Crippen LogP contribution in [0.5, 0.6) is 0 Å². The number of nitrogens with one attached hydrogen (secondary N) is 1. The number of hydrogen-bond acceptors (Lipinski definition) is 7. The van der Waals surface area contributed by atoms with Crippen LogP contribution in [0, 0.1) is 5.82 Å². The van der Waals surface area contributed by atoms with Crippen LogP contribution >= 0.6 is 11.6 Å². The number of nitrogens with zero attached hydrogens (tertiary/aromatic N) is 1. The average Bonchev–Trinajstić information content (AvgIpc) is 3.21. The lowest BCUT2D eigenvalue weighted by atomic mass is 10.1. The van der Waals surface area contributed by atoms with Crippen LogP contribution in [-0.2, 0) is 20.9 Å². The van der Waals surface area contributed by atoms with E-state index in [-0.39, 0.29) is 5.82 Å². The zero-order valence-corrected chi connectivity index (χ0v) is 17.5. The number of carboxylic acids is 2. The molecule has 0 bridgehead atoms. The number of rotatable bonds is 9. The van der Waals surface area contributed by atoms with Crippen LogP contribution in [0.1, 0.15) is 18.9 Å². The number of aliphatic carboxylic acids is 2. The Morgan fingerprint density at radius 2 is 1.90 bits per heavy atom. The van der Waals surface area contributed by atoms with Gasteiger partial charge in [-0.1, -0.05) is 17.7 Å². The largest absolute Gasteiger partial charge is 0.479 e. The summed E-state index contributed by atoms with van der Waals surface area (Å²) in [6.45, 7) is 5.56. The summed E-state index contributed by atoms with van der Waals surface area (Å²) in [5, 5.41) is 36.4. The lowest BCUT2D eigenvalue weighted by molar-refractivity contribution is -0.165. The first-order chi connectivity index (χ1) is 14.1. The van der Waals surface area contributed by atoms with Gasteiger partial charge in [-0.15, -0.1) is 0 Å².